The predicted molar refractivity (Wildman–Crippen MR) is 163 cm³/mol. The van der Waals surface area contributed by atoms with Crippen molar-refractivity contribution in [1.29, 1.82) is 0 Å². The highest BCUT2D eigenvalue weighted by molar-refractivity contribution is 6.24. The molecule has 0 saturated carbocycles. The summed E-state index contributed by atoms with van der Waals surface area (Å²) in [5.74, 6) is 3.19. The van der Waals surface area contributed by atoms with Crippen molar-refractivity contribution < 1.29 is 0 Å². The van der Waals surface area contributed by atoms with Crippen molar-refractivity contribution in [3.63, 3.8) is 0 Å². The van der Waals surface area contributed by atoms with E-state index in [9.17, 15) is 0 Å². The summed E-state index contributed by atoms with van der Waals surface area (Å²) < 4.78 is 0. The van der Waals surface area contributed by atoms with Gasteiger partial charge in [0.1, 0.15) is 0 Å². The molecule has 35 heavy (non-hydrogen) atoms. The van der Waals surface area contributed by atoms with Crippen molar-refractivity contribution in [2.45, 2.75) is 29.2 Å². The number of alkyl halides is 8. The topological polar surface area (TPSA) is 13.0 Å². The maximum Gasteiger partial charge on any atom is 0.0382 e. The monoisotopic (exact) mass is 669 g/mol. The van der Waals surface area contributed by atoms with Crippen LogP contribution in [0.4, 0.5) is 0 Å². The lowest BCUT2D eigenvalue weighted by Gasteiger charge is -2.58. The number of rotatable bonds is 21. The fourth-order valence-corrected chi connectivity index (χ4v) is 9.12. The van der Waals surface area contributed by atoms with Crippen LogP contribution in [0.25, 0.3) is 0 Å². The van der Waals surface area contributed by atoms with Gasteiger partial charge in [-0.05, 0) is 39.1 Å². The highest BCUT2D eigenvalue weighted by Gasteiger charge is 2.55. The summed E-state index contributed by atoms with van der Waals surface area (Å²) >= 11 is 51.6. The molecule has 0 rings (SSSR count). The van der Waals surface area contributed by atoms with Gasteiger partial charge in [0.15, 0.2) is 0 Å². The number of nitrogens with zero attached hydrogens (tertiary/aromatic N) is 4. The van der Waals surface area contributed by atoms with Gasteiger partial charge in [0, 0.05) is 108 Å². The van der Waals surface area contributed by atoms with Gasteiger partial charge < -0.3 is 19.6 Å². The third-order valence-corrected chi connectivity index (χ3v) is 9.93. The molecular weight excluding hydrogens is 632 g/mol. The van der Waals surface area contributed by atoms with Crippen LogP contribution in [0.2, 0.25) is 5.04 Å². The molecule has 13 heteroatoms. The average molecular weight is 673 g/mol. The molecule has 0 aliphatic carbocycles. The summed E-state index contributed by atoms with van der Waals surface area (Å²) in [6.45, 7) is 2.63. The molecule has 0 amide bonds. The first-order valence-electron chi connectivity index (χ1n) is 11.6. The standard InChI is InChI=1S/C22H41Cl8N4Si/c1-31(9-5-23)17(13-27)21(18(14-28)32(2)10-6-24)22(35,19(15-29)33(3)11-7-25)20(16-30)34(4)12-8-26/h17-21H,5-16H2,1-4H3. The van der Waals surface area contributed by atoms with Gasteiger partial charge in [0.2, 0.25) is 0 Å². The third kappa shape index (κ3) is 10.4. The van der Waals surface area contributed by atoms with Crippen LogP contribution in [-0.2, 0) is 0 Å². The molecule has 0 aromatic rings. The number of hydrogen-bond acceptors (Lipinski definition) is 4. The molecule has 3 radical (unpaired) electrons. The Bertz CT molecular complexity index is 502. The summed E-state index contributed by atoms with van der Waals surface area (Å²) in [7, 11) is 12.5. The largest absolute Gasteiger partial charge is 0.301 e. The van der Waals surface area contributed by atoms with E-state index < -0.39 is 5.04 Å². The van der Waals surface area contributed by atoms with Crippen LogP contribution in [0.5, 0.6) is 0 Å². The Balaban J connectivity index is 7.27. The zero-order valence-corrected chi connectivity index (χ0v) is 28.2. The van der Waals surface area contributed by atoms with Crippen LogP contribution in [0.3, 0.4) is 0 Å². The van der Waals surface area contributed by atoms with Gasteiger partial charge in [-0.1, -0.05) is 0 Å². The second kappa shape index (κ2) is 20.3. The normalized spacial score (nSPS) is 18.8. The summed E-state index contributed by atoms with van der Waals surface area (Å²) in [6.07, 6.45) is 0. The quantitative estimate of drug-likeness (QED) is 0.125. The van der Waals surface area contributed by atoms with Crippen molar-refractivity contribution in [3.8, 4) is 0 Å². The van der Waals surface area contributed by atoms with Gasteiger partial charge in [0.25, 0.3) is 0 Å². The van der Waals surface area contributed by atoms with Crippen LogP contribution in [0.1, 0.15) is 0 Å². The molecule has 209 valence electrons. The van der Waals surface area contributed by atoms with Crippen LogP contribution in [0, 0.1) is 5.92 Å². The smallest absolute Gasteiger partial charge is 0.0382 e. The number of halogens is 8. The SMILES string of the molecule is CN(CCCl)C(CCl)C(C(CCl)N(C)CCCl)C([Si])(C(CCl)N(C)CCCl)C(CCl)N(C)CCCl. The van der Waals surface area contributed by atoms with Gasteiger partial charge in [-0.2, -0.15) is 0 Å². The molecule has 0 saturated heterocycles. The lowest BCUT2D eigenvalue weighted by molar-refractivity contribution is 0.0130. The first-order valence-corrected chi connectivity index (χ1v) is 16.4. The minimum Gasteiger partial charge on any atom is -0.301 e. The van der Waals surface area contributed by atoms with E-state index >= 15 is 0 Å². The van der Waals surface area contributed by atoms with Crippen molar-refractivity contribution in [2.75, 3.05) is 101 Å². The van der Waals surface area contributed by atoms with Crippen molar-refractivity contribution in [2.24, 2.45) is 5.92 Å². The Morgan fingerprint density at radius 2 is 0.800 bits per heavy atom. The van der Waals surface area contributed by atoms with Crippen molar-refractivity contribution >= 4 is 103 Å². The zero-order valence-electron chi connectivity index (χ0n) is 21.2. The van der Waals surface area contributed by atoms with E-state index in [0.717, 1.165) is 0 Å². The van der Waals surface area contributed by atoms with Crippen LogP contribution >= 0.6 is 92.8 Å². The Morgan fingerprint density at radius 1 is 0.514 bits per heavy atom. The van der Waals surface area contributed by atoms with Gasteiger partial charge in [-0.3, -0.25) is 0 Å². The lowest BCUT2D eigenvalue weighted by atomic mass is 9.71. The first-order chi connectivity index (χ1) is 16.6. The summed E-state index contributed by atoms with van der Waals surface area (Å²) in [5.41, 5.74) is 0. The van der Waals surface area contributed by atoms with Gasteiger partial charge in [-0.15, -0.1) is 92.8 Å². The maximum atomic E-state index is 6.75. The molecule has 4 atom stereocenters. The zero-order chi connectivity index (χ0) is 27.2. The molecule has 0 bridgehead atoms. The fourth-order valence-electron chi connectivity index (χ4n) is 4.93. The second-order valence-corrected chi connectivity index (χ2v) is 12.5. The van der Waals surface area contributed by atoms with Crippen LogP contribution < -0.4 is 0 Å². The fraction of sp³-hybridized carbons (Fsp3) is 1.00. The second-order valence-electron chi connectivity index (χ2n) is 8.92. The van der Waals surface area contributed by atoms with Crippen LogP contribution in [-0.4, -0.2) is 155 Å². The predicted octanol–water partition coefficient (Wildman–Crippen LogP) is 5.04. The van der Waals surface area contributed by atoms with Gasteiger partial charge in [0.05, 0.1) is 0 Å². The molecule has 0 aliphatic heterocycles. The van der Waals surface area contributed by atoms with Crippen LogP contribution in [0.15, 0.2) is 0 Å². The summed E-state index contributed by atoms with van der Waals surface area (Å²) in [6, 6.07) is -0.507. The van der Waals surface area contributed by atoms with E-state index in [2.05, 4.69) is 29.8 Å². The molecular formula is C22H41Cl8N4Si. The van der Waals surface area contributed by atoms with Gasteiger partial charge in [-0.25, -0.2) is 0 Å². The Kier molecular flexibility index (Phi) is 21.7. The summed E-state index contributed by atoms with van der Waals surface area (Å²) in [5, 5.41) is -0.661. The molecule has 0 heterocycles. The Labute approximate surface area is 257 Å². The molecule has 0 aromatic heterocycles. The van der Waals surface area contributed by atoms with E-state index in [-0.39, 0.29) is 30.1 Å². The highest BCUT2D eigenvalue weighted by Crippen LogP contribution is 2.50. The Morgan fingerprint density at radius 3 is 1.03 bits per heavy atom. The van der Waals surface area contributed by atoms with Gasteiger partial charge >= 0.3 is 0 Å². The van der Waals surface area contributed by atoms with E-state index in [1.54, 1.807) is 0 Å². The van der Waals surface area contributed by atoms with E-state index in [1.807, 2.05) is 28.2 Å². The minimum atomic E-state index is -0.661. The maximum absolute atomic E-state index is 6.75. The van der Waals surface area contributed by atoms with E-state index in [1.165, 1.54) is 0 Å². The van der Waals surface area contributed by atoms with Crippen molar-refractivity contribution in [3.05, 3.63) is 0 Å². The number of hydrogen-bond donors (Lipinski definition) is 0. The highest BCUT2D eigenvalue weighted by atomic mass is 35.5. The first kappa shape index (κ1) is 37.4. The Hall–Kier alpha value is 2.38. The molecule has 0 aliphatic rings. The molecule has 0 aromatic carbocycles. The minimum absolute atomic E-state index is 0.0975. The summed E-state index contributed by atoms with van der Waals surface area (Å²) in [4.78, 5) is 8.78. The van der Waals surface area contributed by atoms with Crippen molar-refractivity contribution in [1.82, 2.24) is 19.6 Å². The van der Waals surface area contributed by atoms with E-state index in [0.29, 0.717) is 73.2 Å². The molecule has 4 nitrogen and oxygen atoms in total. The molecule has 0 spiro atoms. The lowest BCUT2D eigenvalue weighted by Crippen LogP contribution is -2.66. The molecule has 0 fully saturated rings. The van der Waals surface area contributed by atoms with E-state index in [4.69, 9.17) is 92.8 Å². The molecule has 4 unspecified atom stereocenters. The average Bonchev–Trinajstić information content (AvgIpc) is 2.80. The third-order valence-electron chi connectivity index (χ3n) is 7.04. The molecule has 0 N–H and O–H groups in total.